The lowest BCUT2D eigenvalue weighted by Gasteiger charge is -2.29. The Labute approximate surface area is 152 Å². The van der Waals surface area contributed by atoms with Gasteiger partial charge in [0.15, 0.2) is 9.84 Å². The van der Waals surface area contributed by atoms with Crippen LogP contribution in [0.5, 0.6) is 0 Å². The first-order valence-corrected chi connectivity index (χ1v) is 11.0. The Morgan fingerprint density at radius 2 is 1.80 bits per heavy atom. The quantitative estimate of drug-likeness (QED) is 0.794. The van der Waals surface area contributed by atoms with Gasteiger partial charge in [0.25, 0.3) is 10.0 Å². The van der Waals surface area contributed by atoms with Gasteiger partial charge in [-0.1, -0.05) is 23.7 Å². The van der Waals surface area contributed by atoms with Gasteiger partial charge >= 0.3 is 0 Å². The maximum absolute atomic E-state index is 13.2. The molecule has 2 aromatic carbocycles. The number of hydrogen-bond donors (Lipinski definition) is 0. The maximum atomic E-state index is 13.2. The molecule has 1 heterocycles. The van der Waals surface area contributed by atoms with Crippen LogP contribution in [-0.2, 0) is 19.9 Å². The summed E-state index contributed by atoms with van der Waals surface area (Å²) in [6.07, 6.45) is 1.41. The second kappa shape index (κ2) is 6.48. The van der Waals surface area contributed by atoms with Crippen molar-refractivity contribution in [1.82, 2.24) is 0 Å². The summed E-state index contributed by atoms with van der Waals surface area (Å²) in [6, 6.07) is 12.0. The van der Waals surface area contributed by atoms with Crippen LogP contribution in [0.25, 0.3) is 0 Å². The number of hydrogen-bond acceptors (Lipinski definition) is 4. The number of anilines is 1. The van der Waals surface area contributed by atoms with Gasteiger partial charge in [-0.15, -0.1) is 0 Å². The summed E-state index contributed by atoms with van der Waals surface area (Å²) in [5.41, 5.74) is 1.29. The number of benzene rings is 2. The molecule has 0 bridgehead atoms. The van der Waals surface area contributed by atoms with Gasteiger partial charge in [-0.05, 0) is 55.0 Å². The molecular formula is C17H16ClNO4S2. The highest BCUT2D eigenvalue weighted by atomic mass is 35.5. The van der Waals surface area contributed by atoms with E-state index in [9.17, 15) is 16.8 Å². The van der Waals surface area contributed by atoms with E-state index >= 15 is 0 Å². The van der Waals surface area contributed by atoms with Crippen LogP contribution in [0.15, 0.2) is 64.9 Å². The number of nitrogens with zero attached hydrogens (tertiary/aromatic N) is 1. The highest BCUT2D eigenvalue weighted by molar-refractivity contribution is 7.95. The molecule has 5 nitrogen and oxygen atoms in total. The molecule has 2 aromatic rings. The van der Waals surface area contributed by atoms with Crippen LogP contribution in [0.4, 0.5) is 5.69 Å². The van der Waals surface area contributed by atoms with Crippen molar-refractivity contribution >= 4 is 37.1 Å². The summed E-state index contributed by atoms with van der Waals surface area (Å²) < 4.78 is 51.2. The highest BCUT2D eigenvalue weighted by Gasteiger charge is 2.35. The molecule has 1 unspecified atom stereocenters. The summed E-state index contributed by atoms with van der Waals surface area (Å²) in [6.45, 7) is 1.85. The molecule has 132 valence electrons. The van der Waals surface area contributed by atoms with Crippen LogP contribution in [0.1, 0.15) is 5.56 Å². The molecule has 1 atom stereocenters. The Kier molecular flexibility index (Phi) is 4.66. The molecule has 0 saturated heterocycles. The summed E-state index contributed by atoms with van der Waals surface area (Å²) in [5, 5.41) is 1.49. The summed E-state index contributed by atoms with van der Waals surface area (Å²) in [7, 11) is -7.38. The molecule has 0 saturated carbocycles. The van der Waals surface area contributed by atoms with Gasteiger partial charge in [-0.2, -0.15) is 0 Å². The number of halogens is 1. The summed E-state index contributed by atoms with van der Waals surface area (Å²) in [5.74, 6) is -0.284. The van der Waals surface area contributed by atoms with Gasteiger partial charge in [-0.25, -0.2) is 16.8 Å². The monoisotopic (exact) mass is 397 g/mol. The van der Waals surface area contributed by atoms with Crippen molar-refractivity contribution in [2.24, 2.45) is 0 Å². The van der Waals surface area contributed by atoms with Crippen molar-refractivity contribution in [3.05, 3.63) is 70.6 Å². The predicted octanol–water partition coefficient (Wildman–Crippen LogP) is 3.15. The number of rotatable bonds is 4. The third-order valence-corrected chi connectivity index (χ3v) is 7.34. The topological polar surface area (TPSA) is 71.5 Å². The molecule has 0 N–H and O–H groups in total. The maximum Gasteiger partial charge on any atom is 0.264 e. The molecular weight excluding hydrogens is 382 g/mol. The van der Waals surface area contributed by atoms with Crippen LogP contribution in [-0.4, -0.2) is 28.6 Å². The van der Waals surface area contributed by atoms with E-state index < -0.39 is 25.9 Å². The SMILES string of the molecule is Cc1cccc(N(C2C=CS(=O)(=O)C2)S(=O)(=O)c2ccc(Cl)cc2)c1. The number of aryl methyl sites for hydroxylation is 1. The van der Waals surface area contributed by atoms with Crippen LogP contribution in [0.3, 0.4) is 0 Å². The van der Waals surface area contributed by atoms with Crippen LogP contribution in [0.2, 0.25) is 5.02 Å². The van der Waals surface area contributed by atoms with E-state index in [0.29, 0.717) is 10.7 Å². The zero-order chi connectivity index (χ0) is 18.2. The lowest BCUT2D eigenvalue weighted by molar-refractivity contribution is 0.586. The van der Waals surface area contributed by atoms with E-state index in [4.69, 9.17) is 11.6 Å². The Morgan fingerprint density at radius 1 is 1.12 bits per heavy atom. The van der Waals surface area contributed by atoms with E-state index in [1.54, 1.807) is 18.2 Å². The minimum atomic E-state index is -3.96. The minimum Gasteiger partial charge on any atom is -0.258 e. The fraction of sp³-hybridized carbons (Fsp3) is 0.176. The molecule has 1 aliphatic heterocycles. The fourth-order valence-electron chi connectivity index (χ4n) is 2.70. The van der Waals surface area contributed by atoms with E-state index in [1.807, 2.05) is 13.0 Å². The van der Waals surface area contributed by atoms with Gasteiger partial charge in [0, 0.05) is 10.4 Å². The zero-order valence-electron chi connectivity index (χ0n) is 13.3. The number of sulfone groups is 1. The van der Waals surface area contributed by atoms with Crippen molar-refractivity contribution in [2.75, 3.05) is 10.1 Å². The van der Waals surface area contributed by atoms with Gasteiger partial charge < -0.3 is 0 Å². The highest BCUT2D eigenvalue weighted by Crippen LogP contribution is 2.30. The normalized spacial score (nSPS) is 19.0. The van der Waals surface area contributed by atoms with E-state index in [0.717, 1.165) is 15.3 Å². The van der Waals surface area contributed by atoms with E-state index in [1.165, 1.54) is 30.3 Å². The molecule has 0 amide bonds. The molecule has 25 heavy (non-hydrogen) atoms. The smallest absolute Gasteiger partial charge is 0.258 e. The molecule has 3 rings (SSSR count). The Bertz CT molecular complexity index is 1030. The van der Waals surface area contributed by atoms with Gasteiger partial charge in [0.05, 0.1) is 22.4 Å². The molecule has 0 aliphatic carbocycles. The molecule has 0 spiro atoms. The Hall–Kier alpha value is -1.83. The van der Waals surface area contributed by atoms with Crippen LogP contribution in [0, 0.1) is 6.92 Å². The lowest BCUT2D eigenvalue weighted by atomic mass is 10.2. The molecule has 1 aliphatic rings. The predicted molar refractivity (Wildman–Crippen MR) is 99.0 cm³/mol. The third-order valence-electron chi connectivity index (χ3n) is 3.84. The van der Waals surface area contributed by atoms with Crippen molar-refractivity contribution in [3.8, 4) is 0 Å². The van der Waals surface area contributed by atoms with E-state index in [2.05, 4.69) is 0 Å². The second-order valence-electron chi connectivity index (χ2n) is 5.82. The largest absolute Gasteiger partial charge is 0.264 e. The zero-order valence-corrected chi connectivity index (χ0v) is 15.7. The molecule has 0 aromatic heterocycles. The van der Waals surface area contributed by atoms with Gasteiger partial charge in [0.2, 0.25) is 0 Å². The van der Waals surface area contributed by atoms with Crippen molar-refractivity contribution in [3.63, 3.8) is 0 Å². The molecule has 0 radical (unpaired) electrons. The standard InChI is InChI=1S/C17H16ClNO4S2/c1-13-3-2-4-15(11-13)19(16-9-10-24(20,21)12-16)25(22,23)17-7-5-14(18)6-8-17/h2-11,16H,12H2,1H3. The Balaban J connectivity index is 2.14. The van der Waals surface area contributed by atoms with Crippen LogP contribution >= 0.6 is 11.6 Å². The number of sulfonamides is 1. The first-order valence-electron chi connectivity index (χ1n) is 7.47. The van der Waals surface area contributed by atoms with Crippen molar-refractivity contribution in [1.29, 1.82) is 0 Å². The van der Waals surface area contributed by atoms with Crippen LogP contribution < -0.4 is 4.31 Å². The lowest BCUT2D eigenvalue weighted by Crippen LogP contribution is -2.41. The third kappa shape index (κ3) is 3.73. The molecule has 8 heteroatoms. The van der Waals surface area contributed by atoms with Gasteiger partial charge in [0.1, 0.15) is 0 Å². The van der Waals surface area contributed by atoms with Crippen molar-refractivity contribution < 1.29 is 16.8 Å². The average molecular weight is 398 g/mol. The fourth-order valence-corrected chi connectivity index (χ4v) is 5.79. The molecule has 0 fully saturated rings. The van der Waals surface area contributed by atoms with Gasteiger partial charge in [-0.3, -0.25) is 4.31 Å². The van der Waals surface area contributed by atoms with Crippen molar-refractivity contribution in [2.45, 2.75) is 17.9 Å². The first kappa shape index (κ1) is 18.0. The summed E-state index contributed by atoms with van der Waals surface area (Å²) in [4.78, 5) is 0.0519. The average Bonchev–Trinajstić information content (AvgIpc) is 2.87. The van der Waals surface area contributed by atoms with E-state index in [-0.39, 0.29) is 10.6 Å². The first-order chi connectivity index (χ1) is 11.7. The minimum absolute atomic E-state index is 0.0519. The second-order valence-corrected chi connectivity index (χ2v) is 10.0. The Morgan fingerprint density at radius 3 is 2.36 bits per heavy atom. The summed E-state index contributed by atoms with van der Waals surface area (Å²) >= 11 is 5.84.